The lowest BCUT2D eigenvalue weighted by atomic mass is 10.3. The third-order valence-corrected chi connectivity index (χ3v) is 5.10. The summed E-state index contributed by atoms with van der Waals surface area (Å²) in [5, 5.41) is 16.4. The van der Waals surface area contributed by atoms with Crippen molar-refractivity contribution in [1.82, 2.24) is 15.4 Å². The van der Waals surface area contributed by atoms with Gasteiger partial charge in [0.25, 0.3) is 0 Å². The quantitative estimate of drug-likeness (QED) is 0.496. The largest absolute Gasteiger partial charge is 0.461 e. The summed E-state index contributed by atoms with van der Waals surface area (Å²) in [6.45, 7) is 0. The Labute approximate surface area is 145 Å². The van der Waals surface area contributed by atoms with Crippen molar-refractivity contribution < 1.29 is 8.94 Å². The van der Waals surface area contributed by atoms with E-state index in [2.05, 4.69) is 20.7 Å². The monoisotopic (exact) mass is 356 g/mol. The number of nitrogens with one attached hydrogen (secondary N) is 1. The van der Waals surface area contributed by atoms with Crippen LogP contribution in [0.15, 0.2) is 68.1 Å². The van der Waals surface area contributed by atoms with Crippen LogP contribution < -0.4 is 5.32 Å². The van der Waals surface area contributed by atoms with Crippen molar-refractivity contribution in [3.05, 3.63) is 60.5 Å². The van der Waals surface area contributed by atoms with E-state index in [9.17, 15) is 0 Å². The number of para-hydroxylation sites is 1. The van der Waals surface area contributed by atoms with Crippen molar-refractivity contribution in [1.29, 1.82) is 0 Å². The van der Waals surface area contributed by atoms with Crippen molar-refractivity contribution >= 4 is 33.9 Å². The highest BCUT2D eigenvalue weighted by Crippen LogP contribution is 2.30. The molecule has 0 aliphatic rings. The van der Waals surface area contributed by atoms with Crippen LogP contribution in [-0.2, 0) is 5.75 Å². The molecule has 0 aliphatic carbocycles. The molecule has 4 rings (SSSR count). The number of hydrogen-bond donors (Lipinski definition) is 1. The van der Waals surface area contributed by atoms with Crippen molar-refractivity contribution in [2.24, 2.45) is 0 Å². The Hall–Kier alpha value is -2.58. The standard InChI is InChI=1S/C16H12N4O2S2/c1-2-5-11(6-3-1)17-15-18-19-16(24-15)23-10-12-9-14(22-20-12)13-7-4-8-21-13/h1-9H,10H2,(H,17,18). The minimum atomic E-state index is 0.624. The number of nitrogens with zero attached hydrogens (tertiary/aromatic N) is 3. The Morgan fingerprint density at radius 3 is 2.79 bits per heavy atom. The van der Waals surface area contributed by atoms with Gasteiger partial charge in [-0.25, -0.2) is 0 Å². The Balaban J connectivity index is 1.36. The molecule has 120 valence electrons. The first-order valence-corrected chi connectivity index (χ1v) is 8.95. The molecule has 24 heavy (non-hydrogen) atoms. The molecule has 0 amide bonds. The number of benzene rings is 1. The van der Waals surface area contributed by atoms with Gasteiger partial charge in [0.2, 0.25) is 10.9 Å². The molecule has 3 heterocycles. The highest BCUT2D eigenvalue weighted by Gasteiger charge is 2.11. The van der Waals surface area contributed by atoms with E-state index in [4.69, 9.17) is 8.94 Å². The lowest BCUT2D eigenvalue weighted by molar-refractivity contribution is 0.413. The number of furan rings is 1. The third-order valence-electron chi connectivity index (χ3n) is 3.10. The average molecular weight is 356 g/mol. The van der Waals surface area contributed by atoms with Gasteiger partial charge in [-0.3, -0.25) is 0 Å². The summed E-state index contributed by atoms with van der Waals surface area (Å²) < 4.78 is 11.4. The molecule has 4 aromatic rings. The van der Waals surface area contributed by atoms with Crippen molar-refractivity contribution in [2.45, 2.75) is 10.1 Å². The van der Waals surface area contributed by atoms with Gasteiger partial charge < -0.3 is 14.3 Å². The van der Waals surface area contributed by atoms with Gasteiger partial charge in [-0.1, -0.05) is 46.5 Å². The lowest BCUT2D eigenvalue weighted by Gasteiger charge is -1.99. The second kappa shape index (κ2) is 6.90. The number of hydrogen-bond acceptors (Lipinski definition) is 8. The summed E-state index contributed by atoms with van der Waals surface area (Å²) in [4.78, 5) is 0. The summed E-state index contributed by atoms with van der Waals surface area (Å²) in [6, 6.07) is 15.4. The van der Waals surface area contributed by atoms with E-state index in [0.717, 1.165) is 20.9 Å². The molecule has 1 aromatic carbocycles. The van der Waals surface area contributed by atoms with Gasteiger partial charge >= 0.3 is 0 Å². The van der Waals surface area contributed by atoms with E-state index in [1.54, 1.807) is 18.0 Å². The highest BCUT2D eigenvalue weighted by atomic mass is 32.2. The van der Waals surface area contributed by atoms with Gasteiger partial charge in [0.15, 0.2) is 10.1 Å². The van der Waals surface area contributed by atoms with E-state index < -0.39 is 0 Å². The van der Waals surface area contributed by atoms with Crippen LogP contribution in [-0.4, -0.2) is 15.4 Å². The number of anilines is 2. The summed E-state index contributed by atoms with van der Waals surface area (Å²) in [7, 11) is 0. The fourth-order valence-electron chi connectivity index (χ4n) is 2.01. The minimum Gasteiger partial charge on any atom is -0.461 e. The zero-order chi connectivity index (χ0) is 16.2. The fourth-order valence-corrected chi connectivity index (χ4v) is 3.67. The van der Waals surface area contributed by atoms with E-state index >= 15 is 0 Å². The molecule has 0 saturated carbocycles. The first-order chi connectivity index (χ1) is 11.9. The van der Waals surface area contributed by atoms with Gasteiger partial charge in [0.1, 0.15) is 0 Å². The van der Waals surface area contributed by atoms with Gasteiger partial charge in [0.05, 0.1) is 12.0 Å². The van der Waals surface area contributed by atoms with Crippen LogP contribution in [0.5, 0.6) is 0 Å². The van der Waals surface area contributed by atoms with Crippen LogP contribution in [0.3, 0.4) is 0 Å². The Bertz CT molecular complexity index is 903. The van der Waals surface area contributed by atoms with Crippen LogP contribution in [0.4, 0.5) is 10.8 Å². The van der Waals surface area contributed by atoms with Crippen LogP contribution in [0.25, 0.3) is 11.5 Å². The van der Waals surface area contributed by atoms with Crippen molar-refractivity contribution in [3.63, 3.8) is 0 Å². The number of rotatable bonds is 6. The van der Waals surface area contributed by atoms with Crippen molar-refractivity contribution in [3.8, 4) is 11.5 Å². The lowest BCUT2D eigenvalue weighted by Crippen LogP contribution is -1.87. The van der Waals surface area contributed by atoms with E-state index in [-0.39, 0.29) is 0 Å². The van der Waals surface area contributed by atoms with Gasteiger partial charge in [-0.2, -0.15) is 0 Å². The molecular weight excluding hydrogens is 344 g/mol. The van der Waals surface area contributed by atoms with Crippen LogP contribution in [0.1, 0.15) is 5.69 Å². The van der Waals surface area contributed by atoms with Crippen LogP contribution >= 0.6 is 23.1 Å². The van der Waals surface area contributed by atoms with E-state index in [1.165, 1.54) is 11.3 Å². The highest BCUT2D eigenvalue weighted by molar-refractivity contribution is 8.00. The average Bonchev–Trinajstić information content (AvgIpc) is 3.35. The topological polar surface area (TPSA) is 77.0 Å². The van der Waals surface area contributed by atoms with Gasteiger partial charge in [-0.15, -0.1) is 10.2 Å². The molecule has 0 saturated heterocycles. The fraction of sp³-hybridized carbons (Fsp3) is 0.0625. The Morgan fingerprint density at radius 2 is 1.96 bits per heavy atom. The summed E-state index contributed by atoms with van der Waals surface area (Å²) in [5.74, 6) is 1.95. The van der Waals surface area contributed by atoms with E-state index in [0.29, 0.717) is 17.3 Å². The van der Waals surface area contributed by atoms with Crippen LogP contribution in [0, 0.1) is 0 Å². The molecule has 0 spiro atoms. The van der Waals surface area contributed by atoms with E-state index in [1.807, 2.05) is 48.5 Å². The second-order valence-electron chi connectivity index (χ2n) is 4.81. The molecule has 0 aliphatic heterocycles. The molecule has 8 heteroatoms. The molecule has 3 aromatic heterocycles. The molecule has 1 N–H and O–H groups in total. The van der Waals surface area contributed by atoms with Crippen LogP contribution in [0.2, 0.25) is 0 Å². The maximum absolute atomic E-state index is 5.29. The molecule has 6 nitrogen and oxygen atoms in total. The third kappa shape index (κ3) is 3.50. The molecular formula is C16H12N4O2S2. The Morgan fingerprint density at radius 1 is 1.04 bits per heavy atom. The molecule has 0 unspecified atom stereocenters. The Kier molecular flexibility index (Phi) is 4.30. The predicted octanol–water partition coefficient (Wildman–Crippen LogP) is 4.82. The predicted molar refractivity (Wildman–Crippen MR) is 93.4 cm³/mol. The van der Waals surface area contributed by atoms with Gasteiger partial charge in [0, 0.05) is 17.5 Å². The van der Waals surface area contributed by atoms with Gasteiger partial charge in [-0.05, 0) is 24.3 Å². The summed E-state index contributed by atoms with van der Waals surface area (Å²) in [5.41, 5.74) is 1.82. The number of thioether (sulfide) groups is 1. The summed E-state index contributed by atoms with van der Waals surface area (Å²) in [6.07, 6.45) is 1.61. The maximum Gasteiger partial charge on any atom is 0.210 e. The molecule has 0 fully saturated rings. The van der Waals surface area contributed by atoms with Crippen molar-refractivity contribution in [2.75, 3.05) is 5.32 Å². The second-order valence-corrected chi connectivity index (χ2v) is 7.01. The maximum atomic E-state index is 5.29. The number of aromatic nitrogens is 3. The first-order valence-electron chi connectivity index (χ1n) is 7.15. The smallest absolute Gasteiger partial charge is 0.210 e. The SMILES string of the molecule is c1ccc(Nc2nnc(SCc3cc(-c4ccco4)on3)s2)cc1. The minimum absolute atomic E-state index is 0.624. The molecule has 0 atom stereocenters. The molecule has 0 radical (unpaired) electrons. The normalized spacial score (nSPS) is 10.8. The zero-order valence-corrected chi connectivity index (χ0v) is 14.0. The first kappa shape index (κ1) is 15.0. The summed E-state index contributed by atoms with van der Waals surface area (Å²) >= 11 is 3.07. The zero-order valence-electron chi connectivity index (χ0n) is 12.4. The molecule has 0 bridgehead atoms.